The number of benzene rings is 3. The third-order valence-electron chi connectivity index (χ3n) is 8.94. The second-order valence-corrected chi connectivity index (χ2v) is 11.4. The van der Waals surface area contributed by atoms with Crippen LogP contribution in [0.3, 0.4) is 0 Å². The van der Waals surface area contributed by atoms with Gasteiger partial charge in [0.2, 0.25) is 5.95 Å². The zero-order valence-corrected chi connectivity index (χ0v) is 24.6. The van der Waals surface area contributed by atoms with Crippen LogP contribution in [-0.2, 0) is 4.74 Å². The average molecular weight is 580 g/mol. The molecular weight excluding hydrogens is 546 g/mol. The Morgan fingerprint density at radius 2 is 1.18 bits per heavy atom. The van der Waals surface area contributed by atoms with Gasteiger partial charge in [-0.25, -0.2) is 24.9 Å². The first-order valence-electron chi connectivity index (χ1n) is 15.3. The molecule has 0 spiro atoms. The lowest BCUT2D eigenvalue weighted by Gasteiger charge is -2.36. The number of rotatable bonds is 6. The Labute approximate surface area is 257 Å². The summed E-state index contributed by atoms with van der Waals surface area (Å²) in [5, 5.41) is 3.81. The molecule has 0 bridgehead atoms. The number of aromatic nitrogens is 5. The van der Waals surface area contributed by atoms with Gasteiger partial charge in [0.25, 0.3) is 0 Å². The number of ether oxygens (including phenoxy) is 1. The predicted octanol–water partition coefficient (Wildman–Crippen LogP) is 6.72. The lowest BCUT2D eigenvalue weighted by molar-refractivity contribution is 0.0863. The Balaban J connectivity index is 1.40. The highest BCUT2D eigenvalue weighted by atomic mass is 16.5. The van der Waals surface area contributed by atoms with E-state index in [-0.39, 0.29) is 6.04 Å². The highest BCUT2D eigenvalue weighted by Gasteiger charge is 2.27. The highest BCUT2D eigenvalue weighted by Crippen LogP contribution is 2.40. The van der Waals surface area contributed by atoms with Crippen LogP contribution in [0.15, 0.2) is 67.8 Å². The monoisotopic (exact) mass is 579 g/mol. The molecule has 2 aromatic heterocycles. The van der Waals surface area contributed by atoms with Crippen molar-refractivity contribution in [3.63, 3.8) is 0 Å². The van der Waals surface area contributed by atoms with E-state index in [4.69, 9.17) is 17.6 Å². The number of nitrogens with zero attached hydrogens (tertiary/aromatic N) is 7. The van der Waals surface area contributed by atoms with Crippen LogP contribution in [0.5, 0.6) is 0 Å². The van der Waals surface area contributed by atoms with Gasteiger partial charge in [-0.15, -0.1) is 12.8 Å². The van der Waals surface area contributed by atoms with E-state index in [0.717, 1.165) is 75.4 Å². The van der Waals surface area contributed by atoms with Gasteiger partial charge in [-0.3, -0.25) is 0 Å². The topological polar surface area (TPSA) is 80.2 Å². The molecule has 5 aromatic rings. The molecule has 7 rings (SSSR count). The maximum absolute atomic E-state index is 6.27. The molecule has 1 saturated carbocycles. The van der Waals surface area contributed by atoms with Gasteiger partial charge in [-0.2, -0.15) is 0 Å². The molecule has 2 aliphatic rings. The predicted molar refractivity (Wildman–Crippen MR) is 174 cm³/mol. The summed E-state index contributed by atoms with van der Waals surface area (Å²) >= 11 is 0. The van der Waals surface area contributed by atoms with Crippen molar-refractivity contribution in [3.05, 3.63) is 78.9 Å². The summed E-state index contributed by atoms with van der Waals surface area (Å²) in [7, 11) is 0. The molecule has 0 unspecified atom stereocenters. The second kappa shape index (κ2) is 12.3. The molecule has 8 nitrogen and oxygen atoms in total. The van der Waals surface area contributed by atoms with Crippen LogP contribution in [0.4, 0.5) is 23.0 Å². The van der Waals surface area contributed by atoms with Gasteiger partial charge >= 0.3 is 0 Å². The van der Waals surface area contributed by atoms with Gasteiger partial charge in [-0.05, 0) is 60.7 Å². The van der Waals surface area contributed by atoms with Gasteiger partial charge in [0.05, 0.1) is 18.1 Å². The average Bonchev–Trinajstić information content (AvgIpc) is 3.09. The molecule has 1 aliphatic heterocycles. The van der Waals surface area contributed by atoms with Crippen molar-refractivity contribution in [1.29, 1.82) is 0 Å². The summed E-state index contributed by atoms with van der Waals surface area (Å²) in [6.07, 6.45) is 28.6. The van der Waals surface area contributed by atoms with E-state index in [2.05, 4.69) is 83.0 Å². The molecule has 3 aromatic carbocycles. The Morgan fingerprint density at radius 1 is 0.614 bits per heavy atom. The molecule has 0 amide bonds. The zero-order valence-electron chi connectivity index (χ0n) is 24.6. The fourth-order valence-corrected chi connectivity index (χ4v) is 6.93. The van der Waals surface area contributed by atoms with Crippen LogP contribution in [0.25, 0.3) is 21.5 Å². The van der Waals surface area contributed by atoms with Crippen LogP contribution >= 0.6 is 0 Å². The number of terminal acetylenes is 2. The lowest BCUT2D eigenvalue weighted by atomic mass is 9.90. The molecule has 8 heteroatoms. The number of hydrogen-bond donors (Lipinski definition) is 0. The summed E-state index contributed by atoms with van der Waals surface area (Å²) in [4.78, 5) is 26.3. The van der Waals surface area contributed by atoms with Gasteiger partial charge < -0.3 is 14.5 Å². The Morgan fingerprint density at radius 3 is 1.77 bits per heavy atom. The number of fused-ring (bicyclic) bond motifs is 2. The maximum Gasteiger partial charge on any atom is 0.233 e. The Kier molecular flexibility index (Phi) is 7.75. The molecule has 0 radical (unpaired) electrons. The lowest BCUT2D eigenvalue weighted by Crippen LogP contribution is -2.37. The van der Waals surface area contributed by atoms with Crippen molar-refractivity contribution in [3.8, 4) is 24.7 Å². The van der Waals surface area contributed by atoms with Crippen molar-refractivity contribution in [1.82, 2.24) is 24.9 Å². The molecular formula is C36H33N7O. The van der Waals surface area contributed by atoms with E-state index in [1.54, 1.807) is 6.33 Å². The smallest absolute Gasteiger partial charge is 0.233 e. The van der Waals surface area contributed by atoms with E-state index in [0.29, 0.717) is 25.2 Å². The minimum atomic E-state index is 0.181. The highest BCUT2D eigenvalue weighted by molar-refractivity contribution is 6.11. The first-order valence-corrected chi connectivity index (χ1v) is 15.3. The maximum atomic E-state index is 6.27. The molecule has 3 heterocycles. The van der Waals surface area contributed by atoms with Gasteiger partial charge in [-0.1, -0.05) is 43.2 Å². The molecule has 0 N–H and O–H groups in total. The van der Waals surface area contributed by atoms with Crippen LogP contribution in [-0.4, -0.2) is 50.2 Å². The Bertz CT molecular complexity index is 1730. The summed E-state index contributed by atoms with van der Waals surface area (Å²) in [5.41, 5.74) is 4.65. The van der Waals surface area contributed by atoms with Crippen molar-refractivity contribution in [2.75, 3.05) is 23.0 Å². The van der Waals surface area contributed by atoms with E-state index >= 15 is 0 Å². The third-order valence-corrected chi connectivity index (χ3v) is 8.94. The fourth-order valence-electron chi connectivity index (χ4n) is 6.93. The second-order valence-electron chi connectivity index (χ2n) is 11.4. The zero-order chi connectivity index (χ0) is 29.9. The molecule has 1 aliphatic carbocycles. The SMILES string of the molecule is C#Cc1c2ccc(N(c3ncncn3)C3CCOCC3)cc2c(C#C)c2ccc(N(c3cncnc3)C3CCCCC3)cc12. The largest absolute Gasteiger partial charge is 0.381 e. The fraction of sp³-hybridized carbons (Fsp3) is 0.306. The normalized spacial score (nSPS) is 16.0. The van der Waals surface area contributed by atoms with E-state index in [9.17, 15) is 0 Å². The third kappa shape index (κ3) is 5.08. The summed E-state index contributed by atoms with van der Waals surface area (Å²) in [6.45, 7) is 1.38. The van der Waals surface area contributed by atoms with Crippen molar-refractivity contribution in [2.45, 2.75) is 57.0 Å². The summed E-state index contributed by atoms with van der Waals surface area (Å²) < 4.78 is 5.66. The molecule has 0 atom stereocenters. The minimum Gasteiger partial charge on any atom is -0.381 e. The first kappa shape index (κ1) is 27.8. The molecule has 1 saturated heterocycles. The van der Waals surface area contributed by atoms with Gasteiger partial charge in [0.1, 0.15) is 19.0 Å². The van der Waals surface area contributed by atoms with Gasteiger partial charge in [0, 0.05) is 58.6 Å². The Hall–Kier alpha value is -5.05. The van der Waals surface area contributed by atoms with Crippen LogP contribution in [0, 0.1) is 24.7 Å². The molecule has 44 heavy (non-hydrogen) atoms. The van der Waals surface area contributed by atoms with Crippen LogP contribution < -0.4 is 9.80 Å². The van der Waals surface area contributed by atoms with Crippen LogP contribution in [0.2, 0.25) is 0 Å². The van der Waals surface area contributed by atoms with E-state index in [1.807, 2.05) is 12.4 Å². The summed E-state index contributed by atoms with van der Waals surface area (Å²) in [5.74, 6) is 6.63. The summed E-state index contributed by atoms with van der Waals surface area (Å²) in [6, 6.07) is 13.3. The van der Waals surface area contributed by atoms with Crippen molar-refractivity contribution >= 4 is 44.6 Å². The number of hydrogen-bond acceptors (Lipinski definition) is 8. The molecule has 218 valence electrons. The quantitative estimate of drug-likeness (QED) is 0.162. The van der Waals surface area contributed by atoms with Gasteiger partial charge in [0.15, 0.2) is 0 Å². The first-order chi connectivity index (χ1) is 21.8. The van der Waals surface area contributed by atoms with E-state index in [1.165, 1.54) is 31.9 Å². The van der Waals surface area contributed by atoms with E-state index < -0.39 is 0 Å². The molecule has 2 fully saturated rings. The van der Waals surface area contributed by atoms with Crippen LogP contribution in [0.1, 0.15) is 56.1 Å². The standard InChI is InChI=1S/C36H33N7O/c1-3-30-33-13-11-28(43(26-14-16-44-17-15-26)36-40-23-39-24-41-36)19-35(33)31(4-2)32-12-10-27(18-34(30)32)42(25-8-6-5-7-9-25)29-20-37-22-38-21-29/h1-2,10-13,18-26H,5-9,14-17H2. The minimum absolute atomic E-state index is 0.181. The number of anilines is 4. The van der Waals surface area contributed by atoms with Crippen molar-refractivity contribution < 1.29 is 4.74 Å². The van der Waals surface area contributed by atoms with Crippen molar-refractivity contribution in [2.24, 2.45) is 0 Å².